The number of carbonyl (C=O) groups excluding carboxylic acids is 1. The number of aromatic nitrogens is 1. The number of benzene rings is 2. The summed E-state index contributed by atoms with van der Waals surface area (Å²) >= 11 is 0. The van der Waals surface area contributed by atoms with Gasteiger partial charge in [0.1, 0.15) is 17.3 Å². The monoisotopic (exact) mass is 272 g/mol. The van der Waals surface area contributed by atoms with Gasteiger partial charge < -0.3 is 10.3 Å². The first-order chi connectivity index (χ1) is 9.61. The van der Waals surface area contributed by atoms with Crippen LogP contribution < -0.4 is 5.32 Å². The Bertz CT molecular complexity index is 795. The minimum absolute atomic E-state index is 0.287. The molecule has 0 aliphatic rings. The minimum atomic E-state index is -0.429. The lowest BCUT2D eigenvalue weighted by atomic mass is 10.2. The van der Waals surface area contributed by atoms with Gasteiger partial charge in [-0.3, -0.25) is 4.79 Å². The minimum Gasteiger partial charge on any atom is -0.351 e. The average molecular weight is 272 g/mol. The van der Waals surface area contributed by atoms with E-state index in [1.165, 1.54) is 30.3 Å². The number of halogens is 2. The number of anilines is 1. The normalized spacial score (nSPS) is 10.7. The summed E-state index contributed by atoms with van der Waals surface area (Å²) in [4.78, 5) is 14.9. The Morgan fingerprint density at radius 1 is 1.00 bits per heavy atom. The summed E-state index contributed by atoms with van der Waals surface area (Å²) in [6.07, 6.45) is 0. The Labute approximate surface area is 113 Å². The van der Waals surface area contributed by atoms with Crippen LogP contribution in [0, 0.1) is 11.6 Å². The highest BCUT2D eigenvalue weighted by molar-refractivity contribution is 6.05. The van der Waals surface area contributed by atoms with Crippen molar-refractivity contribution >= 4 is 22.5 Å². The summed E-state index contributed by atoms with van der Waals surface area (Å²) in [5.41, 5.74) is 1.31. The summed E-state index contributed by atoms with van der Waals surface area (Å²) < 4.78 is 26.1. The van der Waals surface area contributed by atoms with Gasteiger partial charge in [0.25, 0.3) is 5.91 Å². The second-order valence-corrected chi connectivity index (χ2v) is 4.38. The van der Waals surface area contributed by atoms with Gasteiger partial charge in [0.15, 0.2) is 0 Å². The highest BCUT2D eigenvalue weighted by atomic mass is 19.1. The molecule has 0 bridgehead atoms. The molecular formula is C15H10F2N2O. The summed E-state index contributed by atoms with van der Waals surface area (Å²) in [5.74, 6) is -1.21. The van der Waals surface area contributed by atoms with Crippen LogP contribution in [-0.2, 0) is 0 Å². The third-order valence-corrected chi connectivity index (χ3v) is 2.91. The van der Waals surface area contributed by atoms with Crippen LogP contribution in [0.5, 0.6) is 0 Å². The van der Waals surface area contributed by atoms with Gasteiger partial charge >= 0.3 is 0 Å². The largest absolute Gasteiger partial charge is 0.351 e. The number of fused-ring (bicyclic) bond motifs is 1. The second kappa shape index (κ2) is 4.77. The smallest absolute Gasteiger partial charge is 0.272 e. The van der Waals surface area contributed by atoms with E-state index in [-0.39, 0.29) is 11.5 Å². The number of amides is 1. The maximum Gasteiger partial charge on any atom is 0.272 e. The van der Waals surface area contributed by atoms with E-state index in [0.29, 0.717) is 16.6 Å². The molecule has 1 amide bonds. The lowest BCUT2D eigenvalue weighted by molar-refractivity contribution is 0.102. The van der Waals surface area contributed by atoms with E-state index in [9.17, 15) is 13.6 Å². The second-order valence-electron chi connectivity index (χ2n) is 4.38. The molecule has 0 atom stereocenters. The van der Waals surface area contributed by atoms with E-state index < -0.39 is 11.7 Å². The number of aromatic amines is 1. The van der Waals surface area contributed by atoms with Crippen molar-refractivity contribution in [1.82, 2.24) is 4.98 Å². The zero-order valence-electron chi connectivity index (χ0n) is 10.3. The van der Waals surface area contributed by atoms with Crippen LogP contribution in [0.25, 0.3) is 10.9 Å². The fraction of sp³-hybridized carbons (Fsp3) is 0. The van der Waals surface area contributed by atoms with Gasteiger partial charge in [-0.25, -0.2) is 8.78 Å². The zero-order chi connectivity index (χ0) is 14.1. The molecule has 1 heterocycles. The molecule has 0 unspecified atom stereocenters. The van der Waals surface area contributed by atoms with Crippen LogP contribution >= 0.6 is 0 Å². The molecule has 2 aromatic carbocycles. The van der Waals surface area contributed by atoms with Crippen molar-refractivity contribution in [3.8, 4) is 0 Å². The third-order valence-electron chi connectivity index (χ3n) is 2.91. The highest BCUT2D eigenvalue weighted by Gasteiger charge is 2.10. The van der Waals surface area contributed by atoms with Crippen molar-refractivity contribution in [2.45, 2.75) is 0 Å². The van der Waals surface area contributed by atoms with Gasteiger partial charge in [0.2, 0.25) is 0 Å². The lowest BCUT2D eigenvalue weighted by Gasteiger charge is -2.03. The highest BCUT2D eigenvalue weighted by Crippen LogP contribution is 2.18. The van der Waals surface area contributed by atoms with Crippen molar-refractivity contribution in [3.05, 3.63) is 65.9 Å². The SMILES string of the molecule is O=C(Nc1cccc(F)c1)c1cc2cc(F)ccc2[nH]1. The Morgan fingerprint density at radius 2 is 1.80 bits per heavy atom. The van der Waals surface area contributed by atoms with E-state index in [4.69, 9.17) is 0 Å². The number of nitrogens with one attached hydrogen (secondary N) is 2. The van der Waals surface area contributed by atoms with E-state index >= 15 is 0 Å². The molecule has 5 heteroatoms. The van der Waals surface area contributed by atoms with Crippen LogP contribution in [0.1, 0.15) is 10.5 Å². The topological polar surface area (TPSA) is 44.9 Å². The standard InChI is InChI=1S/C15H10F2N2O/c16-10-2-1-3-12(8-10)18-15(20)14-7-9-6-11(17)4-5-13(9)19-14/h1-8,19H,(H,18,20). The quantitative estimate of drug-likeness (QED) is 0.734. The number of hydrogen-bond acceptors (Lipinski definition) is 1. The van der Waals surface area contributed by atoms with Crippen molar-refractivity contribution in [2.75, 3.05) is 5.32 Å². The molecule has 2 N–H and O–H groups in total. The predicted octanol–water partition coefficient (Wildman–Crippen LogP) is 3.70. The van der Waals surface area contributed by atoms with E-state index in [1.54, 1.807) is 18.2 Å². The average Bonchev–Trinajstić information content (AvgIpc) is 2.81. The molecule has 3 nitrogen and oxygen atoms in total. The van der Waals surface area contributed by atoms with E-state index in [0.717, 1.165) is 0 Å². The fourth-order valence-corrected chi connectivity index (χ4v) is 1.99. The van der Waals surface area contributed by atoms with Crippen molar-refractivity contribution in [3.63, 3.8) is 0 Å². The zero-order valence-corrected chi connectivity index (χ0v) is 10.3. The fourth-order valence-electron chi connectivity index (χ4n) is 1.99. The molecule has 0 aliphatic carbocycles. The lowest BCUT2D eigenvalue weighted by Crippen LogP contribution is -2.12. The molecule has 0 fully saturated rings. The first kappa shape index (κ1) is 12.3. The van der Waals surface area contributed by atoms with Crippen molar-refractivity contribution in [1.29, 1.82) is 0 Å². The predicted molar refractivity (Wildman–Crippen MR) is 72.6 cm³/mol. The number of carbonyl (C=O) groups is 1. The summed E-state index contributed by atoms with van der Waals surface area (Å²) in [6.45, 7) is 0. The first-order valence-corrected chi connectivity index (χ1v) is 5.97. The Hall–Kier alpha value is -2.69. The molecule has 20 heavy (non-hydrogen) atoms. The molecule has 0 saturated heterocycles. The molecule has 100 valence electrons. The number of rotatable bonds is 2. The Balaban J connectivity index is 1.88. The van der Waals surface area contributed by atoms with Gasteiger partial charge in [-0.2, -0.15) is 0 Å². The molecule has 1 aromatic heterocycles. The maximum atomic E-state index is 13.1. The molecule has 0 saturated carbocycles. The number of hydrogen-bond donors (Lipinski definition) is 2. The van der Waals surface area contributed by atoms with Crippen LogP contribution in [0.4, 0.5) is 14.5 Å². The molecular weight excluding hydrogens is 262 g/mol. The molecule has 0 spiro atoms. The third kappa shape index (κ3) is 2.38. The van der Waals surface area contributed by atoms with E-state index in [2.05, 4.69) is 10.3 Å². The van der Waals surface area contributed by atoms with Gasteiger partial charge in [-0.15, -0.1) is 0 Å². The Kier molecular flexibility index (Phi) is 2.95. The molecule has 0 aliphatic heterocycles. The van der Waals surface area contributed by atoms with Crippen LogP contribution in [-0.4, -0.2) is 10.9 Å². The van der Waals surface area contributed by atoms with Crippen LogP contribution in [0.15, 0.2) is 48.5 Å². The van der Waals surface area contributed by atoms with Gasteiger partial charge in [-0.1, -0.05) is 6.07 Å². The molecule has 3 rings (SSSR count). The van der Waals surface area contributed by atoms with Crippen LogP contribution in [0.3, 0.4) is 0 Å². The Morgan fingerprint density at radius 3 is 2.60 bits per heavy atom. The molecule has 0 radical (unpaired) electrons. The molecule has 3 aromatic rings. The van der Waals surface area contributed by atoms with Gasteiger partial charge in [-0.05, 0) is 42.5 Å². The van der Waals surface area contributed by atoms with Crippen LogP contribution in [0.2, 0.25) is 0 Å². The van der Waals surface area contributed by atoms with Gasteiger partial charge in [0.05, 0.1) is 0 Å². The summed E-state index contributed by atoms with van der Waals surface area (Å²) in [7, 11) is 0. The maximum absolute atomic E-state index is 13.1. The number of H-pyrrole nitrogens is 1. The summed E-state index contributed by atoms with van der Waals surface area (Å²) in [6, 6.07) is 11.4. The van der Waals surface area contributed by atoms with E-state index in [1.807, 2.05) is 0 Å². The first-order valence-electron chi connectivity index (χ1n) is 5.97. The van der Waals surface area contributed by atoms with Gasteiger partial charge in [0, 0.05) is 16.6 Å². The van der Waals surface area contributed by atoms with Crippen molar-refractivity contribution < 1.29 is 13.6 Å². The summed E-state index contributed by atoms with van der Waals surface area (Å²) in [5, 5.41) is 3.18. The van der Waals surface area contributed by atoms with Crippen molar-refractivity contribution in [2.24, 2.45) is 0 Å².